The van der Waals surface area contributed by atoms with Gasteiger partial charge in [0.15, 0.2) is 28.2 Å². The molecule has 0 unspecified atom stereocenters. The maximum Gasteiger partial charge on any atom is 0.249 e. The third kappa shape index (κ3) is 3.33. The van der Waals surface area contributed by atoms with Crippen molar-refractivity contribution in [3.8, 4) is 6.07 Å². The second-order valence-corrected chi connectivity index (χ2v) is 6.16. The highest BCUT2D eigenvalue weighted by Gasteiger charge is 2.34. The van der Waals surface area contributed by atoms with Crippen molar-refractivity contribution in [1.82, 2.24) is 4.31 Å². The Labute approximate surface area is 119 Å². The number of sulfonamides is 1. The van der Waals surface area contributed by atoms with Crippen LogP contribution in [0.3, 0.4) is 0 Å². The maximum atomic E-state index is 13.6. The fourth-order valence-electron chi connectivity index (χ4n) is 1.65. The quantitative estimate of drug-likeness (QED) is 0.617. The van der Waals surface area contributed by atoms with Crippen molar-refractivity contribution >= 4 is 10.0 Å². The molecule has 0 radical (unpaired) electrons. The van der Waals surface area contributed by atoms with Gasteiger partial charge in [-0.2, -0.15) is 9.57 Å². The molecule has 0 aliphatic carbocycles. The highest BCUT2D eigenvalue weighted by molar-refractivity contribution is 7.89. The predicted molar refractivity (Wildman–Crippen MR) is 65.5 cm³/mol. The summed E-state index contributed by atoms with van der Waals surface area (Å²) in [5.74, 6) is -8.35. The topological polar surface area (TPSA) is 61.2 Å². The average molecular weight is 324 g/mol. The Balaban J connectivity index is 3.47. The molecule has 9 heteroatoms. The zero-order chi connectivity index (χ0) is 16.4. The van der Waals surface area contributed by atoms with Crippen molar-refractivity contribution in [2.24, 2.45) is 5.92 Å². The van der Waals surface area contributed by atoms with Gasteiger partial charge < -0.3 is 0 Å². The highest BCUT2D eigenvalue weighted by Crippen LogP contribution is 2.27. The lowest BCUT2D eigenvalue weighted by atomic mass is 10.2. The monoisotopic (exact) mass is 324 g/mol. The smallest absolute Gasteiger partial charge is 0.207 e. The summed E-state index contributed by atoms with van der Waals surface area (Å²) >= 11 is 0. The molecule has 0 saturated carbocycles. The molecule has 1 aromatic rings. The van der Waals surface area contributed by atoms with Crippen LogP contribution >= 0.6 is 0 Å². The van der Waals surface area contributed by atoms with Crippen molar-refractivity contribution < 1.29 is 26.0 Å². The summed E-state index contributed by atoms with van der Waals surface area (Å²) in [7, 11) is -4.81. The Bertz CT molecular complexity index is 659. The van der Waals surface area contributed by atoms with E-state index in [4.69, 9.17) is 5.26 Å². The number of hydrogen-bond donors (Lipinski definition) is 0. The molecule has 0 saturated heterocycles. The number of benzene rings is 1. The van der Waals surface area contributed by atoms with E-state index in [1.165, 1.54) is 13.8 Å². The fraction of sp³-hybridized carbons (Fsp3) is 0.417. The van der Waals surface area contributed by atoms with Gasteiger partial charge in [-0.1, -0.05) is 6.92 Å². The van der Waals surface area contributed by atoms with E-state index in [0.29, 0.717) is 4.31 Å². The third-order valence-corrected chi connectivity index (χ3v) is 4.68. The van der Waals surface area contributed by atoms with Crippen LogP contribution in [-0.4, -0.2) is 25.8 Å². The fourth-order valence-corrected chi connectivity index (χ4v) is 3.32. The van der Waals surface area contributed by atoms with Gasteiger partial charge in [0.05, 0.1) is 12.0 Å². The van der Waals surface area contributed by atoms with Gasteiger partial charge in [0.2, 0.25) is 10.0 Å². The van der Waals surface area contributed by atoms with Crippen LogP contribution in [0.1, 0.15) is 13.8 Å². The number of hydrogen-bond acceptors (Lipinski definition) is 3. The normalized spacial score (nSPS) is 13.2. The minimum Gasteiger partial charge on any atom is -0.207 e. The first-order valence-corrected chi connectivity index (χ1v) is 7.33. The van der Waals surface area contributed by atoms with Crippen molar-refractivity contribution in [1.29, 1.82) is 5.26 Å². The predicted octanol–water partition coefficient (Wildman–Crippen LogP) is 2.41. The molecule has 0 bridgehead atoms. The maximum absolute atomic E-state index is 13.6. The largest absolute Gasteiger partial charge is 0.249 e. The highest BCUT2D eigenvalue weighted by atomic mass is 32.2. The Kier molecular flexibility index (Phi) is 5.31. The minimum absolute atomic E-state index is 0.0716. The number of nitriles is 1. The van der Waals surface area contributed by atoms with Crippen LogP contribution < -0.4 is 0 Å². The molecule has 1 rings (SSSR count). The first kappa shape index (κ1) is 17.4. The van der Waals surface area contributed by atoms with E-state index in [1.54, 1.807) is 6.07 Å². The standard InChI is InChI=1S/C12H12F4N2O2S/c1-3-18(6-7(2)5-17)21(19,20)12-10(15)8(13)4-9(14)11(12)16/h4,7H,3,6H2,1-2H3/t7-/m0/s1. The van der Waals surface area contributed by atoms with Crippen LogP contribution in [0.25, 0.3) is 0 Å². The zero-order valence-electron chi connectivity index (χ0n) is 11.2. The molecular formula is C12H12F4N2O2S. The van der Waals surface area contributed by atoms with E-state index < -0.39 is 44.1 Å². The van der Waals surface area contributed by atoms with Gasteiger partial charge >= 0.3 is 0 Å². The molecule has 0 spiro atoms. The lowest BCUT2D eigenvalue weighted by Crippen LogP contribution is -2.35. The van der Waals surface area contributed by atoms with Crippen molar-refractivity contribution in [3.63, 3.8) is 0 Å². The summed E-state index contributed by atoms with van der Waals surface area (Å²) in [6.45, 7) is 2.20. The lowest BCUT2D eigenvalue weighted by Gasteiger charge is -2.22. The summed E-state index contributed by atoms with van der Waals surface area (Å²) in [4.78, 5) is -1.69. The lowest BCUT2D eigenvalue weighted by molar-refractivity contribution is 0.378. The number of halogens is 4. The molecular weight excluding hydrogens is 312 g/mol. The van der Waals surface area contributed by atoms with Crippen LogP contribution in [0, 0.1) is 40.5 Å². The van der Waals surface area contributed by atoms with Crippen LogP contribution in [0.15, 0.2) is 11.0 Å². The Morgan fingerprint density at radius 3 is 2.10 bits per heavy atom. The van der Waals surface area contributed by atoms with Crippen LogP contribution in [-0.2, 0) is 10.0 Å². The molecule has 1 atom stereocenters. The molecule has 0 N–H and O–H groups in total. The number of rotatable bonds is 5. The summed E-state index contributed by atoms with van der Waals surface area (Å²) in [5.41, 5.74) is 0. The zero-order valence-corrected chi connectivity index (χ0v) is 12.0. The summed E-state index contributed by atoms with van der Waals surface area (Å²) < 4.78 is 78.4. The number of nitrogens with zero attached hydrogens (tertiary/aromatic N) is 2. The van der Waals surface area contributed by atoms with E-state index in [0.717, 1.165) is 0 Å². The van der Waals surface area contributed by atoms with Gasteiger partial charge in [0.1, 0.15) is 0 Å². The van der Waals surface area contributed by atoms with Gasteiger partial charge in [0.25, 0.3) is 0 Å². The van der Waals surface area contributed by atoms with E-state index >= 15 is 0 Å². The summed E-state index contributed by atoms with van der Waals surface area (Å²) in [6, 6.07) is 1.69. The van der Waals surface area contributed by atoms with E-state index in [2.05, 4.69) is 0 Å². The van der Waals surface area contributed by atoms with Gasteiger partial charge in [-0.15, -0.1) is 0 Å². The average Bonchev–Trinajstić information content (AvgIpc) is 2.42. The molecule has 116 valence electrons. The molecule has 4 nitrogen and oxygen atoms in total. The van der Waals surface area contributed by atoms with Crippen LogP contribution in [0.2, 0.25) is 0 Å². The van der Waals surface area contributed by atoms with Crippen molar-refractivity contribution in [3.05, 3.63) is 29.3 Å². The van der Waals surface area contributed by atoms with Gasteiger partial charge in [-0.25, -0.2) is 26.0 Å². The molecule has 0 aliphatic heterocycles. The summed E-state index contributed by atoms with van der Waals surface area (Å²) in [5, 5.41) is 8.67. The first-order chi connectivity index (χ1) is 9.66. The first-order valence-electron chi connectivity index (χ1n) is 5.89. The molecule has 0 fully saturated rings. The van der Waals surface area contributed by atoms with Crippen LogP contribution in [0.4, 0.5) is 17.6 Å². The minimum atomic E-state index is -4.81. The second-order valence-electron chi connectivity index (χ2n) is 4.28. The van der Waals surface area contributed by atoms with E-state index in [1.807, 2.05) is 0 Å². The second kappa shape index (κ2) is 6.41. The van der Waals surface area contributed by atoms with Gasteiger partial charge in [0, 0.05) is 19.2 Å². The molecule has 0 aliphatic rings. The molecule has 1 aromatic carbocycles. The molecule has 21 heavy (non-hydrogen) atoms. The third-order valence-electron chi connectivity index (χ3n) is 2.72. The van der Waals surface area contributed by atoms with Crippen LogP contribution in [0.5, 0.6) is 0 Å². The Morgan fingerprint density at radius 1 is 1.24 bits per heavy atom. The van der Waals surface area contributed by atoms with Gasteiger partial charge in [-0.3, -0.25) is 0 Å². The van der Waals surface area contributed by atoms with Crippen molar-refractivity contribution in [2.75, 3.05) is 13.1 Å². The van der Waals surface area contributed by atoms with E-state index in [-0.39, 0.29) is 19.2 Å². The van der Waals surface area contributed by atoms with Gasteiger partial charge in [-0.05, 0) is 6.92 Å². The Hall–Kier alpha value is -1.66. The van der Waals surface area contributed by atoms with E-state index in [9.17, 15) is 26.0 Å². The summed E-state index contributed by atoms with van der Waals surface area (Å²) in [6.07, 6.45) is 0. The Morgan fingerprint density at radius 2 is 1.71 bits per heavy atom. The molecule has 0 amide bonds. The SMILES string of the molecule is CCN(C[C@@H](C)C#N)S(=O)(=O)c1c(F)c(F)cc(F)c1F. The molecule has 0 aromatic heterocycles. The molecule has 0 heterocycles. The van der Waals surface area contributed by atoms with Crippen molar-refractivity contribution in [2.45, 2.75) is 18.7 Å².